The number of aliphatic hydroxyl groups is 1. The lowest BCUT2D eigenvalue weighted by Gasteiger charge is -2.29. The number of rotatable bonds is 7. The molecule has 0 spiro atoms. The molecule has 0 radical (unpaired) electrons. The summed E-state index contributed by atoms with van der Waals surface area (Å²) in [6.07, 6.45) is 0. The predicted octanol–water partition coefficient (Wildman–Crippen LogP) is 3.31. The minimum atomic E-state index is -0.550. The molecule has 0 saturated carbocycles. The summed E-state index contributed by atoms with van der Waals surface area (Å²) in [5, 5.41) is 14.9. The van der Waals surface area contributed by atoms with Crippen LogP contribution in [0.1, 0.15) is 41.4 Å². The largest absolute Gasteiger partial charge is 0.394 e. The van der Waals surface area contributed by atoms with Crippen LogP contribution < -0.4 is 16.0 Å². The Labute approximate surface area is 182 Å². The van der Waals surface area contributed by atoms with Crippen molar-refractivity contribution in [1.82, 2.24) is 5.32 Å². The standard InChI is InChI=1S/C25H29N3O3/c1-16-11-12-20(28(18(3)30)21(14-26)15-29)13-24(16)25(31)27-17(2)22-10-6-8-19-7-4-5-9-23(19)22/h4-13,17,21,29H,14-15,26H2,1-3H3,(H,27,31)/t17-,21?/m1/s1. The van der Waals surface area contributed by atoms with Gasteiger partial charge in [0.15, 0.2) is 0 Å². The highest BCUT2D eigenvalue weighted by atomic mass is 16.3. The number of hydrogen-bond donors (Lipinski definition) is 3. The number of hydrogen-bond acceptors (Lipinski definition) is 4. The number of nitrogens with two attached hydrogens (primary N) is 1. The Hall–Kier alpha value is -3.22. The van der Waals surface area contributed by atoms with Gasteiger partial charge in [0.05, 0.1) is 18.7 Å². The average molecular weight is 420 g/mol. The predicted molar refractivity (Wildman–Crippen MR) is 124 cm³/mol. The van der Waals surface area contributed by atoms with E-state index in [1.807, 2.05) is 56.3 Å². The van der Waals surface area contributed by atoms with Crippen molar-refractivity contribution in [2.75, 3.05) is 18.1 Å². The zero-order valence-electron chi connectivity index (χ0n) is 18.1. The third kappa shape index (κ3) is 4.76. The Morgan fingerprint density at radius 3 is 2.48 bits per heavy atom. The van der Waals surface area contributed by atoms with E-state index in [4.69, 9.17) is 5.73 Å². The highest BCUT2D eigenvalue weighted by molar-refractivity contribution is 5.99. The van der Waals surface area contributed by atoms with E-state index < -0.39 is 6.04 Å². The minimum Gasteiger partial charge on any atom is -0.394 e. The lowest BCUT2D eigenvalue weighted by Crippen LogP contribution is -2.46. The van der Waals surface area contributed by atoms with E-state index in [0.29, 0.717) is 11.3 Å². The normalized spacial score (nSPS) is 12.9. The first-order valence-corrected chi connectivity index (χ1v) is 10.4. The van der Waals surface area contributed by atoms with E-state index in [9.17, 15) is 14.7 Å². The molecule has 0 fully saturated rings. The molecule has 6 nitrogen and oxygen atoms in total. The van der Waals surface area contributed by atoms with Gasteiger partial charge in [-0.1, -0.05) is 48.5 Å². The molecule has 1 unspecified atom stereocenters. The second-order valence-corrected chi connectivity index (χ2v) is 7.72. The lowest BCUT2D eigenvalue weighted by molar-refractivity contribution is -0.117. The van der Waals surface area contributed by atoms with Crippen LogP contribution in [0.4, 0.5) is 5.69 Å². The fourth-order valence-electron chi connectivity index (χ4n) is 3.90. The number of aryl methyl sites for hydroxylation is 1. The smallest absolute Gasteiger partial charge is 0.252 e. The average Bonchev–Trinajstić information content (AvgIpc) is 2.77. The van der Waals surface area contributed by atoms with Gasteiger partial charge in [-0.3, -0.25) is 9.59 Å². The van der Waals surface area contributed by atoms with Crippen LogP contribution in [0.2, 0.25) is 0 Å². The maximum Gasteiger partial charge on any atom is 0.252 e. The Morgan fingerprint density at radius 1 is 1.10 bits per heavy atom. The van der Waals surface area contributed by atoms with Crippen LogP contribution in [0.5, 0.6) is 0 Å². The van der Waals surface area contributed by atoms with Gasteiger partial charge in [-0.05, 0) is 47.9 Å². The van der Waals surface area contributed by atoms with E-state index in [0.717, 1.165) is 21.9 Å². The van der Waals surface area contributed by atoms with Gasteiger partial charge in [0, 0.05) is 24.7 Å². The van der Waals surface area contributed by atoms with Crippen molar-refractivity contribution in [1.29, 1.82) is 0 Å². The lowest BCUT2D eigenvalue weighted by atomic mass is 9.99. The number of fused-ring (bicyclic) bond motifs is 1. The number of nitrogens with one attached hydrogen (secondary N) is 1. The van der Waals surface area contributed by atoms with Crippen LogP contribution >= 0.6 is 0 Å². The van der Waals surface area contributed by atoms with Gasteiger partial charge < -0.3 is 21.1 Å². The number of amides is 2. The molecule has 0 heterocycles. The molecule has 2 amide bonds. The molecule has 3 rings (SSSR count). The molecule has 31 heavy (non-hydrogen) atoms. The van der Waals surface area contributed by atoms with E-state index in [1.165, 1.54) is 11.8 Å². The number of benzene rings is 3. The molecule has 0 bridgehead atoms. The van der Waals surface area contributed by atoms with Crippen molar-refractivity contribution in [3.8, 4) is 0 Å². The minimum absolute atomic E-state index is 0.115. The monoisotopic (exact) mass is 419 g/mol. The number of aliphatic hydroxyl groups excluding tert-OH is 1. The zero-order chi connectivity index (χ0) is 22.5. The molecule has 3 aromatic rings. The molecule has 0 aromatic heterocycles. The van der Waals surface area contributed by atoms with Crippen LogP contribution in [-0.4, -0.2) is 36.1 Å². The molecule has 0 aliphatic carbocycles. The van der Waals surface area contributed by atoms with Gasteiger partial charge in [-0.2, -0.15) is 0 Å². The number of carbonyl (C=O) groups is 2. The van der Waals surface area contributed by atoms with Gasteiger partial charge in [0.2, 0.25) is 5.91 Å². The van der Waals surface area contributed by atoms with Crippen molar-refractivity contribution >= 4 is 28.3 Å². The summed E-state index contributed by atoms with van der Waals surface area (Å²) in [6, 6.07) is 18.6. The Bertz CT molecular complexity index is 1090. The van der Waals surface area contributed by atoms with Crippen molar-refractivity contribution in [2.45, 2.75) is 32.9 Å². The van der Waals surface area contributed by atoms with Gasteiger partial charge in [-0.25, -0.2) is 0 Å². The van der Waals surface area contributed by atoms with Crippen LogP contribution in [0.3, 0.4) is 0 Å². The molecule has 0 aliphatic heterocycles. The fraction of sp³-hybridized carbons (Fsp3) is 0.280. The first-order chi connectivity index (χ1) is 14.9. The van der Waals surface area contributed by atoms with Crippen LogP contribution in [0.15, 0.2) is 60.7 Å². The van der Waals surface area contributed by atoms with Gasteiger partial charge in [-0.15, -0.1) is 0 Å². The number of carbonyl (C=O) groups excluding carboxylic acids is 2. The van der Waals surface area contributed by atoms with Gasteiger partial charge >= 0.3 is 0 Å². The summed E-state index contributed by atoms with van der Waals surface area (Å²) < 4.78 is 0. The Balaban J connectivity index is 1.91. The van der Waals surface area contributed by atoms with Crippen LogP contribution in [-0.2, 0) is 4.79 Å². The molecule has 162 valence electrons. The quantitative estimate of drug-likeness (QED) is 0.547. The zero-order valence-corrected chi connectivity index (χ0v) is 18.1. The number of nitrogens with zero attached hydrogens (tertiary/aromatic N) is 1. The fourth-order valence-corrected chi connectivity index (χ4v) is 3.90. The van der Waals surface area contributed by atoms with Crippen molar-refractivity contribution in [3.05, 3.63) is 77.4 Å². The maximum absolute atomic E-state index is 13.2. The summed E-state index contributed by atoms with van der Waals surface area (Å²) in [6.45, 7) is 5.08. The summed E-state index contributed by atoms with van der Waals surface area (Å²) in [4.78, 5) is 26.8. The first-order valence-electron chi connectivity index (χ1n) is 10.4. The molecular formula is C25H29N3O3. The third-order valence-electron chi connectivity index (χ3n) is 5.57. The van der Waals surface area contributed by atoms with Gasteiger partial charge in [0.25, 0.3) is 5.91 Å². The molecule has 0 aliphatic rings. The molecule has 4 N–H and O–H groups in total. The number of anilines is 1. The summed E-state index contributed by atoms with van der Waals surface area (Å²) in [5.74, 6) is -0.472. The Morgan fingerprint density at radius 2 is 1.81 bits per heavy atom. The maximum atomic E-state index is 13.2. The van der Waals surface area contributed by atoms with E-state index >= 15 is 0 Å². The summed E-state index contributed by atoms with van der Waals surface area (Å²) in [5.41, 5.74) is 8.57. The third-order valence-corrected chi connectivity index (χ3v) is 5.57. The molecule has 6 heteroatoms. The van der Waals surface area contributed by atoms with Crippen molar-refractivity contribution < 1.29 is 14.7 Å². The van der Waals surface area contributed by atoms with E-state index in [2.05, 4.69) is 5.32 Å². The van der Waals surface area contributed by atoms with Crippen LogP contribution in [0, 0.1) is 6.92 Å². The van der Waals surface area contributed by atoms with E-state index in [1.54, 1.807) is 18.2 Å². The molecule has 2 atom stereocenters. The Kier molecular flexibility index (Phi) is 7.05. The molecule has 0 saturated heterocycles. The topological polar surface area (TPSA) is 95.7 Å². The molecular weight excluding hydrogens is 390 g/mol. The van der Waals surface area contributed by atoms with Crippen LogP contribution in [0.25, 0.3) is 10.8 Å². The highest BCUT2D eigenvalue weighted by Crippen LogP contribution is 2.26. The van der Waals surface area contributed by atoms with Gasteiger partial charge in [0.1, 0.15) is 0 Å². The van der Waals surface area contributed by atoms with Crippen molar-refractivity contribution in [3.63, 3.8) is 0 Å². The van der Waals surface area contributed by atoms with Crippen molar-refractivity contribution in [2.24, 2.45) is 5.73 Å². The first kappa shape index (κ1) is 22.5. The highest BCUT2D eigenvalue weighted by Gasteiger charge is 2.23. The molecule has 3 aromatic carbocycles. The summed E-state index contributed by atoms with van der Waals surface area (Å²) in [7, 11) is 0. The van der Waals surface area contributed by atoms with E-state index in [-0.39, 0.29) is 31.0 Å². The SMILES string of the molecule is CC(=O)N(c1ccc(C)c(C(=O)N[C@H](C)c2cccc3ccccc23)c1)C(CN)CO. The second kappa shape index (κ2) is 9.73. The summed E-state index contributed by atoms with van der Waals surface area (Å²) >= 11 is 0. The second-order valence-electron chi connectivity index (χ2n) is 7.72.